The highest BCUT2D eigenvalue weighted by Gasteiger charge is 2.39. The third-order valence-electron chi connectivity index (χ3n) is 4.41. The van der Waals surface area contributed by atoms with Gasteiger partial charge in [-0.25, -0.2) is 9.97 Å². The number of fused-ring (bicyclic) bond motifs is 2. The summed E-state index contributed by atoms with van der Waals surface area (Å²) in [5, 5.41) is 9.55. The molecule has 0 radical (unpaired) electrons. The first kappa shape index (κ1) is 15.4. The minimum Gasteiger partial charge on any atom is -0.396 e. The Morgan fingerprint density at radius 2 is 2.12 bits per heavy atom. The van der Waals surface area contributed by atoms with Gasteiger partial charge in [-0.1, -0.05) is 11.6 Å². The summed E-state index contributed by atoms with van der Waals surface area (Å²) in [6.07, 6.45) is 4.25. The van der Waals surface area contributed by atoms with E-state index in [2.05, 4.69) is 9.97 Å². The van der Waals surface area contributed by atoms with Crippen molar-refractivity contribution in [1.82, 2.24) is 9.97 Å². The van der Waals surface area contributed by atoms with Gasteiger partial charge in [0.2, 0.25) is 0 Å². The molecule has 2 aromatic heterocycles. The van der Waals surface area contributed by atoms with Crippen LogP contribution in [0.2, 0.25) is 5.15 Å². The lowest BCUT2D eigenvalue weighted by atomic mass is 10.1. The fraction of sp³-hybridized carbons (Fsp3) is 0.353. The number of carbonyl (C=O) groups excluding carboxylic acids is 1. The zero-order chi connectivity index (χ0) is 16.8. The molecule has 1 aliphatic heterocycles. The number of carbonyl (C=O) groups is 1. The SMILES string of the molecule is CN1C(=O)c2cc(CCO)cnc2N(C2CC2)c2nc(Cl)ccc21. The number of pyridine rings is 2. The first-order valence-corrected chi connectivity index (χ1v) is 8.31. The van der Waals surface area contributed by atoms with Crippen LogP contribution in [0.15, 0.2) is 24.4 Å². The topological polar surface area (TPSA) is 69.6 Å². The van der Waals surface area contributed by atoms with Crippen molar-refractivity contribution in [1.29, 1.82) is 0 Å². The number of hydrogen-bond acceptors (Lipinski definition) is 5. The minimum absolute atomic E-state index is 0.0220. The second-order valence-corrected chi connectivity index (χ2v) is 6.52. The van der Waals surface area contributed by atoms with Crippen LogP contribution in [0, 0.1) is 0 Å². The second-order valence-electron chi connectivity index (χ2n) is 6.13. The van der Waals surface area contributed by atoms with E-state index in [0.29, 0.717) is 28.8 Å². The predicted molar refractivity (Wildman–Crippen MR) is 92.2 cm³/mol. The lowest BCUT2D eigenvalue weighted by Crippen LogP contribution is -2.25. The van der Waals surface area contributed by atoms with Gasteiger partial charge < -0.3 is 14.9 Å². The maximum Gasteiger partial charge on any atom is 0.261 e. The summed E-state index contributed by atoms with van der Waals surface area (Å²) in [5.41, 5.74) is 2.09. The molecule has 0 atom stereocenters. The summed E-state index contributed by atoms with van der Waals surface area (Å²) < 4.78 is 0. The molecule has 0 saturated heterocycles. The van der Waals surface area contributed by atoms with Crippen molar-refractivity contribution < 1.29 is 9.90 Å². The molecule has 4 rings (SSSR count). The molecule has 1 saturated carbocycles. The van der Waals surface area contributed by atoms with E-state index < -0.39 is 0 Å². The van der Waals surface area contributed by atoms with Gasteiger partial charge in [0.1, 0.15) is 11.0 Å². The van der Waals surface area contributed by atoms with Gasteiger partial charge in [-0.15, -0.1) is 0 Å². The van der Waals surface area contributed by atoms with E-state index in [4.69, 9.17) is 16.7 Å². The van der Waals surface area contributed by atoms with Crippen LogP contribution in [0.4, 0.5) is 17.3 Å². The predicted octanol–water partition coefficient (Wildman–Crippen LogP) is 2.56. The van der Waals surface area contributed by atoms with Crippen LogP contribution in [-0.4, -0.2) is 40.7 Å². The van der Waals surface area contributed by atoms with Crippen LogP contribution in [0.3, 0.4) is 0 Å². The third kappa shape index (κ3) is 2.42. The average molecular weight is 345 g/mol. The molecular weight excluding hydrogens is 328 g/mol. The molecule has 0 aromatic carbocycles. The van der Waals surface area contributed by atoms with Crippen molar-refractivity contribution in [3.8, 4) is 0 Å². The summed E-state index contributed by atoms with van der Waals surface area (Å²) in [5.74, 6) is 1.15. The number of aliphatic hydroxyl groups is 1. The van der Waals surface area contributed by atoms with Gasteiger partial charge >= 0.3 is 0 Å². The van der Waals surface area contributed by atoms with E-state index in [1.54, 1.807) is 24.2 Å². The Bertz CT molecular complexity index is 822. The molecule has 1 N–H and O–H groups in total. The molecule has 7 heteroatoms. The number of rotatable bonds is 3. The Balaban J connectivity index is 1.94. The number of aliphatic hydroxyl groups excluding tert-OH is 1. The number of hydrogen-bond donors (Lipinski definition) is 1. The Kier molecular flexibility index (Phi) is 3.66. The number of nitrogens with zero attached hydrogens (tertiary/aromatic N) is 4. The highest BCUT2D eigenvalue weighted by molar-refractivity contribution is 6.29. The first-order chi connectivity index (χ1) is 11.6. The molecule has 6 nitrogen and oxygen atoms in total. The fourth-order valence-electron chi connectivity index (χ4n) is 3.04. The molecule has 0 bridgehead atoms. The minimum atomic E-state index is -0.134. The zero-order valence-corrected chi connectivity index (χ0v) is 14.0. The van der Waals surface area contributed by atoms with E-state index >= 15 is 0 Å². The van der Waals surface area contributed by atoms with E-state index in [1.165, 1.54) is 0 Å². The van der Waals surface area contributed by atoms with Crippen LogP contribution in [0.1, 0.15) is 28.8 Å². The van der Waals surface area contributed by atoms with Crippen molar-refractivity contribution in [3.63, 3.8) is 0 Å². The van der Waals surface area contributed by atoms with Gasteiger partial charge in [0.15, 0.2) is 5.82 Å². The average Bonchev–Trinajstić information content (AvgIpc) is 3.40. The maximum atomic E-state index is 13.0. The first-order valence-electron chi connectivity index (χ1n) is 7.93. The molecule has 124 valence electrons. The van der Waals surface area contributed by atoms with Gasteiger partial charge in [0.05, 0.1) is 11.3 Å². The lowest BCUT2D eigenvalue weighted by molar-refractivity contribution is 0.0994. The maximum absolute atomic E-state index is 13.0. The Morgan fingerprint density at radius 3 is 2.83 bits per heavy atom. The molecule has 1 fully saturated rings. The molecule has 0 unspecified atom stereocenters. The standard InChI is InChI=1S/C17H17ClN4O2/c1-21-13-4-5-14(18)20-16(13)22(11-2-3-11)15-12(17(21)24)8-10(6-7-23)9-19-15/h4-5,8-9,11,23H,2-3,6-7H2,1H3. The highest BCUT2D eigenvalue weighted by atomic mass is 35.5. The highest BCUT2D eigenvalue weighted by Crippen LogP contribution is 2.44. The van der Waals surface area contributed by atoms with E-state index in [-0.39, 0.29) is 18.6 Å². The molecule has 2 aromatic rings. The van der Waals surface area contributed by atoms with Crippen molar-refractivity contribution in [2.75, 3.05) is 23.5 Å². The quantitative estimate of drug-likeness (QED) is 0.866. The molecule has 0 spiro atoms. The lowest BCUT2D eigenvalue weighted by Gasteiger charge is -2.24. The summed E-state index contributed by atoms with van der Waals surface area (Å²) in [6.45, 7) is 0.0220. The summed E-state index contributed by atoms with van der Waals surface area (Å²) in [4.78, 5) is 25.6. The largest absolute Gasteiger partial charge is 0.396 e. The van der Waals surface area contributed by atoms with Crippen molar-refractivity contribution in [2.24, 2.45) is 0 Å². The Morgan fingerprint density at radius 1 is 1.33 bits per heavy atom. The van der Waals surface area contributed by atoms with Crippen molar-refractivity contribution >= 4 is 34.8 Å². The van der Waals surface area contributed by atoms with Crippen LogP contribution in [-0.2, 0) is 6.42 Å². The number of halogens is 1. The van der Waals surface area contributed by atoms with Crippen molar-refractivity contribution in [3.05, 3.63) is 40.7 Å². The molecule has 2 aliphatic rings. The molecule has 1 aliphatic carbocycles. The van der Waals surface area contributed by atoms with Gasteiger partial charge in [-0.2, -0.15) is 0 Å². The second kappa shape index (κ2) is 5.72. The Hall–Kier alpha value is -2.18. The van der Waals surface area contributed by atoms with E-state index in [0.717, 1.165) is 24.1 Å². The summed E-state index contributed by atoms with van der Waals surface area (Å²) >= 11 is 6.11. The number of anilines is 3. The summed E-state index contributed by atoms with van der Waals surface area (Å²) in [7, 11) is 1.73. The molecule has 3 heterocycles. The molecule has 1 amide bonds. The number of aromatic nitrogens is 2. The number of amides is 1. The normalized spacial score (nSPS) is 16.7. The van der Waals surface area contributed by atoms with Gasteiger partial charge in [-0.05, 0) is 43.0 Å². The van der Waals surface area contributed by atoms with Crippen LogP contribution in [0.5, 0.6) is 0 Å². The van der Waals surface area contributed by atoms with Crippen LogP contribution >= 0.6 is 11.6 Å². The smallest absolute Gasteiger partial charge is 0.261 e. The van der Waals surface area contributed by atoms with Gasteiger partial charge in [-0.3, -0.25) is 4.79 Å². The summed E-state index contributed by atoms with van der Waals surface area (Å²) in [6, 6.07) is 5.61. The monoisotopic (exact) mass is 344 g/mol. The fourth-order valence-corrected chi connectivity index (χ4v) is 3.19. The molecule has 24 heavy (non-hydrogen) atoms. The van der Waals surface area contributed by atoms with Crippen molar-refractivity contribution in [2.45, 2.75) is 25.3 Å². The zero-order valence-electron chi connectivity index (χ0n) is 13.2. The molecular formula is C17H17ClN4O2. The van der Waals surface area contributed by atoms with Gasteiger partial charge in [0.25, 0.3) is 5.91 Å². The van der Waals surface area contributed by atoms with Gasteiger partial charge in [0, 0.05) is 25.9 Å². The third-order valence-corrected chi connectivity index (χ3v) is 4.62. The van der Waals surface area contributed by atoms with Crippen LogP contribution in [0.25, 0.3) is 0 Å². The Labute approximate surface area is 144 Å². The van der Waals surface area contributed by atoms with Crippen LogP contribution < -0.4 is 9.80 Å². The van der Waals surface area contributed by atoms with E-state index in [9.17, 15) is 4.79 Å². The van der Waals surface area contributed by atoms with E-state index in [1.807, 2.05) is 17.0 Å².